The fourth-order valence-electron chi connectivity index (χ4n) is 3.54. The van der Waals surface area contributed by atoms with E-state index in [4.69, 9.17) is 32.7 Å². The lowest BCUT2D eigenvalue weighted by Crippen LogP contribution is -2.49. The van der Waals surface area contributed by atoms with Crippen LogP contribution in [0.2, 0.25) is 10.0 Å². The fourth-order valence-corrected chi connectivity index (χ4v) is 3.98. The van der Waals surface area contributed by atoms with E-state index < -0.39 is 11.2 Å². The zero-order valence-electron chi connectivity index (χ0n) is 17.1. The van der Waals surface area contributed by atoms with Crippen molar-refractivity contribution in [2.75, 3.05) is 0 Å². The number of Topliss-reactive ketones (excluding diaryl/α,β-unsaturated/α-hetero) is 1. The summed E-state index contributed by atoms with van der Waals surface area (Å²) in [7, 11) is 0. The molecule has 1 heterocycles. The predicted molar refractivity (Wildman–Crippen MR) is 116 cm³/mol. The molecular formula is C23H24Cl2O4. The number of benzene rings is 2. The summed E-state index contributed by atoms with van der Waals surface area (Å²) in [6.45, 7) is 8.91. The van der Waals surface area contributed by atoms with E-state index in [2.05, 4.69) is 0 Å². The predicted octanol–water partition coefficient (Wildman–Crippen LogP) is 6.77. The van der Waals surface area contributed by atoms with Crippen LogP contribution in [0.1, 0.15) is 45.7 Å². The first-order valence-corrected chi connectivity index (χ1v) is 10.2. The van der Waals surface area contributed by atoms with Gasteiger partial charge >= 0.3 is 0 Å². The molecule has 0 bridgehead atoms. The normalized spacial score (nSPS) is 18.1. The quantitative estimate of drug-likeness (QED) is 0.576. The summed E-state index contributed by atoms with van der Waals surface area (Å²) in [6, 6.07) is 10.4. The number of rotatable bonds is 4. The molecule has 3 rings (SSSR count). The van der Waals surface area contributed by atoms with Crippen molar-refractivity contribution in [3.8, 4) is 11.5 Å². The number of halogens is 2. The largest absolute Gasteiger partial charge is 0.508 e. The summed E-state index contributed by atoms with van der Waals surface area (Å²) in [5, 5.41) is 11.8. The second-order valence-electron chi connectivity index (χ2n) is 8.02. The minimum absolute atomic E-state index is 0.0850. The van der Waals surface area contributed by atoms with Crippen molar-refractivity contribution in [1.82, 2.24) is 0 Å². The van der Waals surface area contributed by atoms with Crippen LogP contribution >= 0.6 is 23.2 Å². The van der Waals surface area contributed by atoms with Gasteiger partial charge in [-0.2, -0.15) is 0 Å². The summed E-state index contributed by atoms with van der Waals surface area (Å²) >= 11 is 12.2. The highest BCUT2D eigenvalue weighted by molar-refractivity contribution is 6.35. The third kappa shape index (κ3) is 4.16. The Balaban J connectivity index is 2.13. The van der Waals surface area contributed by atoms with Crippen LogP contribution in [0.3, 0.4) is 0 Å². The molecule has 1 aliphatic rings. The summed E-state index contributed by atoms with van der Waals surface area (Å²) in [4.78, 5) is 13.2. The number of carbonyl (C=O) groups is 1. The van der Waals surface area contributed by atoms with E-state index in [1.165, 1.54) is 0 Å². The van der Waals surface area contributed by atoms with Crippen molar-refractivity contribution < 1.29 is 19.4 Å². The maximum Gasteiger partial charge on any atom is 0.198 e. The number of ether oxygens (including phenoxy) is 2. The Hall–Kier alpha value is -2.01. The van der Waals surface area contributed by atoms with Gasteiger partial charge < -0.3 is 14.6 Å². The molecule has 1 N–H and O–H groups in total. The van der Waals surface area contributed by atoms with Crippen LogP contribution < -0.4 is 4.74 Å². The van der Waals surface area contributed by atoms with Crippen molar-refractivity contribution in [3.05, 3.63) is 63.3 Å². The molecule has 0 atom stereocenters. The zero-order chi connectivity index (χ0) is 21.6. The number of hydrogen-bond acceptors (Lipinski definition) is 4. The number of hydrogen-bond donors (Lipinski definition) is 1. The van der Waals surface area contributed by atoms with Crippen molar-refractivity contribution in [1.29, 1.82) is 0 Å². The molecule has 0 saturated heterocycles. The van der Waals surface area contributed by atoms with E-state index in [-0.39, 0.29) is 17.1 Å². The average Bonchev–Trinajstić information content (AvgIpc) is 2.62. The first kappa shape index (κ1) is 21.7. The molecule has 0 aliphatic carbocycles. The van der Waals surface area contributed by atoms with Gasteiger partial charge in [-0.1, -0.05) is 36.2 Å². The highest BCUT2D eigenvalue weighted by Gasteiger charge is 2.47. The monoisotopic (exact) mass is 434 g/mol. The first-order valence-electron chi connectivity index (χ1n) is 9.41. The summed E-state index contributed by atoms with van der Waals surface area (Å²) in [5.41, 5.74) is -0.249. The lowest BCUT2D eigenvalue weighted by Gasteiger charge is -2.40. The molecule has 0 saturated carbocycles. The number of aliphatic hydroxyl groups excluding tert-OH is 1. The highest BCUT2D eigenvalue weighted by atomic mass is 35.5. The van der Waals surface area contributed by atoms with Gasteiger partial charge in [0.1, 0.15) is 28.5 Å². The van der Waals surface area contributed by atoms with Crippen LogP contribution in [-0.2, 0) is 16.0 Å². The molecule has 0 spiro atoms. The molecule has 6 heteroatoms. The van der Waals surface area contributed by atoms with Crippen molar-refractivity contribution in [2.45, 2.75) is 52.2 Å². The van der Waals surface area contributed by atoms with Crippen LogP contribution in [0.4, 0.5) is 0 Å². The maximum absolute atomic E-state index is 13.2. The maximum atomic E-state index is 13.2. The molecule has 4 nitrogen and oxygen atoms in total. The molecule has 0 unspecified atom stereocenters. The fraction of sp³-hybridized carbons (Fsp3) is 0.348. The van der Waals surface area contributed by atoms with E-state index in [1.807, 2.05) is 19.1 Å². The standard InChI is InChI=1S/C23H24Cl2O4/c1-6-13-7-9-15(28-18-10-8-14(24)11-17(18)25)12-16(13)19-20(26)22(2,3)29-23(4,5)21(19)27/h7-12,26H,6H2,1-5H3. The Morgan fingerprint density at radius 3 is 2.34 bits per heavy atom. The molecular weight excluding hydrogens is 411 g/mol. The SMILES string of the molecule is CCc1ccc(Oc2ccc(Cl)cc2Cl)cc1C1=C(O)C(C)(C)OC(C)(C)C1=O. The van der Waals surface area contributed by atoms with Crippen LogP contribution in [0.15, 0.2) is 42.2 Å². The van der Waals surface area contributed by atoms with Gasteiger partial charge in [-0.3, -0.25) is 4.79 Å². The van der Waals surface area contributed by atoms with Crippen LogP contribution in [-0.4, -0.2) is 22.1 Å². The van der Waals surface area contributed by atoms with Gasteiger partial charge in [0.15, 0.2) is 5.78 Å². The lowest BCUT2D eigenvalue weighted by atomic mass is 9.81. The number of ketones is 1. The van der Waals surface area contributed by atoms with Gasteiger partial charge in [0.05, 0.1) is 10.6 Å². The molecule has 2 aromatic carbocycles. The van der Waals surface area contributed by atoms with Crippen molar-refractivity contribution in [3.63, 3.8) is 0 Å². The Kier molecular flexibility index (Phi) is 5.74. The van der Waals surface area contributed by atoms with E-state index >= 15 is 0 Å². The Labute approximate surface area is 181 Å². The second kappa shape index (κ2) is 7.67. The van der Waals surface area contributed by atoms with E-state index in [0.717, 1.165) is 5.56 Å². The van der Waals surface area contributed by atoms with Gasteiger partial charge in [0.2, 0.25) is 0 Å². The average molecular weight is 435 g/mol. The summed E-state index contributed by atoms with van der Waals surface area (Å²) < 4.78 is 11.8. The second-order valence-corrected chi connectivity index (χ2v) is 8.87. The van der Waals surface area contributed by atoms with Crippen molar-refractivity contribution >= 4 is 34.6 Å². The summed E-state index contributed by atoms with van der Waals surface area (Å²) in [6.07, 6.45) is 0.684. The smallest absolute Gasteiger partial charge is 0.198 e. The van der Waals surface area contributed by atoms with Gasteiger partial charge in [-0.15, -0.1) is 0 Å². The number of aryl methyl sites for hydroxylation is 1. The van der Waals surface area contributed by atoms with Gasteiger partial charge in [-0.05, 0) is 75.6 Å². The highest BCUT2D eigenvalue weighted by Crippen LogP contribution is 2.42. The van der Waals surface area contributed by atoms with Gasteiger partial charge in [-0.25, -0.2) is 0 Å². The van der Waals surface area contributed by atoms with Crippen LogP contribution in [0.5, 0.6) is 11.5 Å². The zero-order valence-corrected chi connectivity index (χ0v) is 18.6. The number of aliphatic hydroxyl groups is 1. The van der Waals surface area contributed by atoms with E-state index in [9.17, 15) is 9.90 Å². The minimum atomic E-state index is -1.06. The molecule has 29 heavy (non-hydrogen) atoms. The first-order chi connectivity index (χ1) is 13.5. The number of carbonyl (C=O) groups excluding carboxylic acids is 1. The molecule has 2 aromatic rings. The molecule has 0 amide bonds. The molecule has 0 radical (unpaired) electrons. The lowest BCUT2D eigenvalue weighted by molar-refractivity contribution is -0.158. The Morgan fingerprint density at radius 2 is 1.72 bits per heavy atom. The topological polar surface area (TPSA) is 55.8 Å². The molecule has 154 valence electrons. The minimum Gasteiger partial charge on any atom is -0.508 e. The van der Waals surface area contributed by atoms with Gasteiger partial charge in [0, 0.05) is 5.02 Å². The van der Waals surface area contributed by atoms with E-state index in [0.29, 0.717) is 33.5 Å². The third-order valence-corrected chi connectivity index (χ3v) is 5.48. The summed E-state index contributed by atoms with van der Waals surface area (Å²) in [5.74, 6) is 0.587. The van der Waals surface area contributed by atoms with Crippen LogP contribution in [0, 0.1) is 0 Å². The van der Waals surface area contributed by atoms with Gasteiger partial charge in [0.25, 0.3) is 0 Å². The molecule has 0 aromatic heterocycles. The molecule has 0 fully saturated rings. The Bertz CT molecular complexity index is 1010. The Morgan fingerprint density at radius 1 is 1.03 bits per heavy atom. The van der Waals surface area contributed by atoms with E-state index in [1.54, 1.807) is 52.0 Å². The third-order valence-electron chi connectivity index (χ3n) is 4.94. The van der Waals surface area contributed by atoms with Crippen molar-refractivity contribution in [2.24, 2.45) is 0 Å². The molecule has 1 aliphatic heterocycles. The van der Waals surface area contributed by atoms with Crippen LogP contribution in [0.25, 0.3) is 5.57 Å².